The zero-order valence-electron chi connectivity index (χ0n) is 14.2. The Balaban J connectivity index is 1.33. The zero-order valence-corrected chi connectivity index (χ0v) is 14.2. The number of aryl methyl sites for hydroxylation is 2. The minimum atomic E-state index is 0.101. The van der Waals surface area contributed by atoms with Gasteiger partial charge < -0.3 is 10.1 Å². The first-order valence-electron chi connectivity index (χ1n) is 9.59. The molecule has 2 aliphatic heterocycles. The first-order valence-corrected chi connectivity index (χ1v) is 9.59. The number of benzene rings is 1. The van der Waals surface area contributed by atoms with Gasteiger partial charge in [-0.15, -0.1) is 0 Å². The van der Waals surface area contributed by atoms with E-state index in [1.54, 1.807) is 0 Å². The van der Waals surface area contributed by atoms with E-state index in [0.717, 1.165) is 44.5 Å². The number of nitrogens with zero attached hydrogens (tertiary/aromatic N) is 1. The second-order valence-corrected chi connectivity index (χ2v) is 7.86. The molecule has 0 radical (unpaired) electrons. The molecule has 4 nitrogen and oxygen atoms in total. The third-order valence-electron chi connectivity index (χ3n) is 6.57. The van der Waals surface area contributed by atoms with Gasteiger partial charge in [0, 0.05) is 18.1 Å². The van der Waals surface area contributed by atoms with Gasteiger partial charge in [-0.2, -0.15) is 0 Å². The summed E-state index contributed by atoms with van der Waals surface area (Å²) in [5.41, 5.74) is 3.63. The van der Waals surface area contributed by atoms with Gasteiger partial charge in [0.05, 0.1) is 18.2 Å². The Morgan fingerprint density at radius 2 is 1.96 bits per heavy atom. The molecule has 4 aliphatic rings. The summed E-state index contributed by atoms with van der Waals surface area (Å²) in [6, 6.07) is 6.92. The topological polar surface area (TPSA) is 41.6 Å². The highest BCUT2D eigenvalue weighted by Crippen LogP contribution is 2.43. The molecule has 2 aliphatic carbocycles. The van der Waals surface area contributed by atoms with Crippen LogP contribution in [0.25, 0.3) is 0 Å². The molecule has 0 spiro atoms. The van der Waals surface area contributed by atoms with E-state index in [9.17, 15) is 4.79 Å². The highest BCUT2D eigenvalue weighted by molar-refractivity contribution is 5.95. The number of hydrogen-bond donors (Lipinski definition) is 1. The van der Waals surface area contributed by atoms with Crippen LogP contribution in [-0.2, 0) is 17.6 Å². The lowest BCUT2D eigenvalue weighted by Gasteiger charge is -2.51. The minimum absolute atomic E-state index is 0.101. The number of fused-ring (bicyclic) bond motifs is 2. The lowest BCUT2D eigenvalue weighted by atomic mass is 9.70. The van der Waals surface area contributed by atoms with E-state index in [1.165, 1.54) is 30.4 Å². The smallest absolute Gasteiger partial charge is 0.251 e. The molecule has 1 saturated carbocycles. The molecule has 1 N–H and O–H groups in total. The molecule has 1 aromatic carbocycles. The van der Waals surface area contributed by atoms with Crippen LogP contribution in [0.15, 0.2) is 18.2 Å². The number of ether oxygens (including phenoxy) is 1. The number of nitrogens with one attached hydrogen (secondary N) is 1. The SMILES string of the molecule is O=C(N[C@H]1[C@H]2CCO[C@H]2[C@@H]1N1CCCC1)c1ccc2c(c1)CCC2. The maximum atomic E-state index is 12.8. The van der Waals surface area contributed by atoms with E-state index in [4.69, 9.17) is 4.74 Å². The van der Waals surface area contributed by atoms with Gasteiger partial charge in [-0.05, 0) is 74.9 Å². The molecule has 2 saturated heterocycles. The van der Waals surface area contributed by atoms with Gasteiger partial charge in [0.25, 0.3) is 5.91 Å². The Hall–Kier alpha value is -1.39. The molecule has 5 rings (SSSR count). The number of likely N-dealkylation sites (tertiary alicyclic amines) is 1. The van der Waals surface area contributed by atoms with Gasteiger partial charge in [0.15, 0.2) is 0 Å². The van der Waals surface area contributed by atoms with Crippen molar-refractivity contribution in [3.63, 3.8) is 0 Å². The second-order valence-electron chi connectivity index (χ2n) is 7.86. The van der Waals surface area contributed by atoms with E-state index < -0.39 is 0 Å². The van der Waals surface area contributed by atoms with Crippen molar-refractivity contribution < 1.29 is 9.53 Å². The third-order valence-corrected chi connectivity index (χ3v) is 6.57. The van der Waals surface area contributed by atoms with Crippen LogP contribution in [0, 0.1) is 5.92 Å². The summed E-state index contributed by atoms with van der Waals surface area (Å²) in [6.07, 6.45) is 7.49. The quantitative estimate of drug-likeness (QED) is 0.925. The van der Waals surface area contributed by atoms with Crippen LogP contribution >= 0.6 is 0 Å². The minimum Gasteiger partial charge on any atom is -0.376 e. The summed E-state index contributed by atoms with van der Waals surface area (Å²) in [6.45, 7) is 3.16. The fourth-order valence-corrected chi connectivity index (χ4v) is 5.29. The molecular formula is C20H26N2O2. The van der Waals surface area contributed by atoms with Gasteiger partial charge in [-0.3, -0.25) is 9.69 Å². The Kier molecular flexibility index (Phi) is 3.64. The summed E-state index contributed by atoms with van der Waals surface area (Å²) >= 11 is 0. The Bertz CT molecular complexity index is 648. The molecule has 4 heteroatoms. The molecule has 0 bridgehead atoms. The average molecular weight is 326 g/mol. The molecule has 0 aromatic heterocycles. The lowest BCUT2D eigenvalue weighted by Crippen LogP contribution is -2.70. The van der Waals surface area contributed by atoms with Gasteiger partial charge in [0.1, 0.15) is 0 Å². The maximum Gasteiger partial charge on any atom is 0.251 e. The zero-order chi connectivity index (χ0) is 16.1. The van der Waals surface area contributed by atoms with E-state index in [-0.39, 0.29) is 11.9 Å². The first-order chi connectivity index (χ1) is 11.8. The van der Waals surface area contributed by atoms with Gasteiger partial charge in [0.2, 0.25) is 0 Å². The predicted octanol–water partition coefficient (Wildman–Crippen LogP) is 2.16. The Labute approximate surface area is 143 Å². The molecule has 1 amide bonds. The van der Waals surface area contributed by atoms with Crippen molar-refractivity contribution in [3.05, 3.63) is 34.9 Å². The Morgan fingerprint density at radius 1 is 1.12 bits per heavy atom. The van der Waals surface area contributed by atoms with Crippen molar-refractivity contribution in [1.82, 2.24) is 10.2 Å². The number of hydrogen-bond acceptors (Lipinski definition) is 3. The van der Waals surface area contributed by atoms with Crippen LogP contribution in [-0.4, -0.2) is 48.7 Å². The Morgan fingerprint density at radius 3 is 2.83 bits per heavy atom. The van der Waals surface area contributed by atoms with Crippen molar-refractivity contribution in [2.45, 2.75) is 56.7 Å². The largest absolute Gasteiger partial charge is 0.376 e. The van der Waals surface area contributed by atoms with Crippen LogP contribution in [0.2, 0.25) is 0 Å². The molecule has 3 fully saturated rings. The van der Waals surface area contributed by atoms with Crippen LogP contribution in [0.3, 0.4) is 0 Å². The summed E-state index contributed by atoms with van der Waals surface area (Å²) in [7, 11) is 0. The van der Waals surface area contributed by atoms with Gasteiger partial charge in [-0.25, -0.2) is 0 Å². The molecule has 2 heterocycles. The molecular weight excluding hydrogens is 300 g/mol. The number of carbonyl (C=O) groups is 1. The highest BCUT2D eigenvalue weighted by atomic mass is 16.5. The van der Waals surface area contributed by atoms with Gasteiger partial charge >= 0.3 is 0 Å². The average Bonchev–Trinajstić information content (AvgIpc) is 3.33. The standard InChI is InChI=1S/C20H26N2O2/c23-20(15-7-6-13-4-3-5-14(13)12-15)21-17-16-8-11-24-19(16)18(17)22-9-1-2-10-22/h6-7,12,16-19H,1-5,8-11H2,(H,21,23)/t16-,17+,18-,19-/m1/s1. The third kappa shape index (κ3) is 2.31. The molecule has 128 valence electrons. The van der Waals surface area contributed by atoms with E-state index >= 15 is 0 Å². The van der Waals surface area contributed by atoms with Crippen molar-refractivity contribution in [2.75, 3.05) is 19.7 Å². The second kappa shape index (κ2) is 5.85. The summed E-state index contributed by atoms with van der Waals surface area (Å²) in [4.78, 5) is 15.4. The summed E-state index contributed by atoms with van der Waals surface area (Å²) < 4.78 is 5.96. The summed E-state index contributed by atoms with van der Waals surface area (Å²) in [5.74, 6) is 0.609. The number of rotatable bonds is 3. The molecule has 24 heavy (non-hydrogen) atoms. The normalized spacial score (nSPS) is 34.7. The van der Waals surface area contributed by atoms with Crippen LogP contribution in [0.5, 0.6) is 0 Å². The van der Waals surface area contributed by atoms with Crippen LogP contribution < -0.4 is 5.32 Å². The monoisotopic (exact) mass is 326 g/mol. The van der Waals surface area contributed by atoms with Gasteiger partial charge in [-0.1, -0.05) is 6.07 Å². The van der Waals surface area contributed by atoms with Crippen molar-refractivity contribution >= 4 is 5.91 Å². The van der Waals surface area contributed by atoms with Crippen molar-refractivity contribution in [3.8, 4) is 0 Å². The van der Waals surface area contributed by atoms with Crippen LogP contribution in [0.4, 0.5) is 0 Å². The summed E-state index contributed by atoms with van der Waals surface area (Å²) in [5, 5.41) is 3.36. The van der Waals surface area contributed by atoms with Crippen molar-refractivity contribution in [1.29, 1.82) is 0 Å². The van der Waals surface area contributed by atoms with Crippen LogP contribution in [0.1, 0.15) is 47.2 Å². The number of amides is 1. The number of carbonyl (C=O) groups excluding carboxylic acids is 1. The maximum absolute atomic E-state index is 12.8. The molecule has 0 unspecified atom stereocenters. The fourth-order valence-electron chi connectivity index (χ4n) is 5.29. The van der Waals surface area contributed by atoms with E-state index in [1.807, 2.05) is 6.07 Å². The van der Waals surface area contributed by atoms with E-state index in [0.29, 0.717) is 18.1 Å². The predicted molar refractivity (Wildman–Crippen MR) is 92.2 cm³/mol. The van der Waals surface area contributed by atoms with E-state index in [2.05, 4.69) is 22.3 Å². The highest BCUT2D eigenvalue weighted by Gasteiger charge is 2.56. The first kappa shape index (κ1) is 14.9. The van der Waals surface area contributed by atoms with Crippen molar-refractivity contribution in [2.24, 2.45) is 5.92 Å². The molecule has 1 aromatic rings. The molecule has 4 atom stereocenters. The fraction of sp³-hybridized carbons (Fsp3) is 0.650. The lowest BCUT2D eigenvalue weighted by molar-refractivity contribution is -0.0747.